The molecule has 0 saturated carbocycles. The van der Waals surface area contributed by atoms with Gasteiger partial charge in [-0.1, -0.05) is 49.7 Å². The highest BCUT2D eigenvalue weighted by molar-refractivity contribution is 8.18. The molecule has 0 spiro atoms. The Hall–Kier alpha value is -2.04. The molecule has 0 aromatic heterocycles. The predicted octanol–water partition coefficient (Wildman–Crippen LogP) is 5.70. The van der Waals surface area contributed by atoms with Crippen LogP contribution in [-0.2, 0) is 4.79 Å². The van der Waals surface area contributed by atoms with E-state index >= 15 is 0 Å². The number of halogens is 1. The highest BCUT2D eigenvalue weighted by atomic mass is 35.5. The molecule has 3 nitrogen and oxygen atoms in total. The van der Waals surface area contributed by atoms with Gasteiger partial charge in [0.25, 0.3) is 5.91 Å². The Bertz CT molecular complexity index is 839. The Balaban J connectivity index is 1.84. The van der Waals surface area contributed by atoms with E-state index in [0.29, 0.717) is 21.0 Å². The summed E-state index contributed by atoms with van der Waals surface area (Å²) in [5.74, 6) is 0.457. The van der Waals surface area contributed by atoms with Crippen LogP contribution in [-0.4, -0.2) is 23.0 Å². The number of carbonyl (C=O) groups is 1. The molecule has 5 heteroatoms. The maximum Gasteiger partial charge on any atom is 0.266 e. The number of amidine groups is 1. The van der Waals surface area contributed by atoms with Crippen LogP contribution >= 0.6 is 23.4 Å². The molecular weight excluding hydrogens is 352 g/mol. The highest BCUT2D eigenvalue weighted by Crippen LogP contribution is 2.33. The standard InChI is InChI=1S/C20H19ClN2OS/c1-13(2)15-6-4-14(5-7-15)12-18-19(24)23(3)20(25-18)22-17-10-8-16(21)9-11-17/h4-13H,1-3H3/b18-12+,22-20?. The maximum absolute atomic E-state index is 12.5. The van der Waals surface area contributed by atoms with Crippen molar-refractivity contribution in [2.75, 3.05) is 7.05 Å². The van der Waals surface area contributed by atoms with Crippen molar-refractivity contribution in [3.63, 3.8) is 0 Å². The smallest absolute Gasteiger partial charge is 0.266 e. The highest BCUT2D eigenvalue weighted by Gasteiger charge is 2.30. The molecule has 1 saturated heterocycles. The third kappa shape index (κ3) is 4.14. The largest absolute Gasteiger partial charge is 0.290 e. The number of benzene rings is 2. The Morgan fingerprint density at radius 1 is 1.08 bits per heavy atom. The minimum Gasteiger partial charge on any atom is -0.290 e. The predicted molar refractivity (Wildman–Crippen MR) is 107 cm³/mol. The van der Waals surface area contributed by atoms with Crippen molar-refractivity contribution in [1.29, 1.82) is 0 Å². The average molecular weight is 371 g/mol. The molecule has 1 aliphatic heterocycles. The van der Waals surface area contributed by atoms with Crippen molar-refractivity contribution in [2.24, 2.45) is 4.99 Å². The molecule has 0 atom stereocenters. The van der Waals surface area contributed by atoms with Crippen LogP contribution in [0.3, 0.4) is 0 Å². The summed E-state index contributed by atoms with van der Waals surface area (Å²) in [7, 11) is 1.74. The van der Waals surface area contributed by atoms with Crippen molar-refractivity contribution >= 4 is 46.2 Å². The Morgan fingerprint density at radius 2 is 1.72 bits per heavy atom. The molecule has 3 rings (SSSR count). The Kier molecular flexibility index (Phi) is 5.30. The number of hydrogen-bond donors (Lipinski definition) is 0. The normalized spacial score (nSPS) is 18.0. The van der Waals surface area contributed by atoms with Crippen LogP contribution in [0.5, 0.6) is 0 Å². The molecule has 0 aliphatic carbocycles. The monoisotopic (exact) mass is 370 g/mol. The van der Waals surface area contributed by atoms with E-state index in [0.717, 1.165) is 11.3 Å². The molecule has 0 radical (unpaired) electrons. The van der Waals surface area contributed by atoms with Gasteiger partial charge in [-0.25, -0.2) is 4.99 Å². The molecule has 25 heavy (non-hydrogen) atoms. The minimum absolute atomic E-state index is 0.0364. The van der Waals surface area contributed by atoms with E-state index in [4.69, 9.17) is 11.6 Å². The molecular formula is C20H19ClN2OS. The second-order valence-electron chi connectivity index (χ2n) is 6.17. The molecule has 1 heterocycles. The number of carbonyl (C=O) groups excluding carboxylic acids is 1. The van der Waals surface area contributed by atoms with E-state index in [1.165, 1.54) is 17.3 Å². The van der Waals surface area contributed by atoms with E-state index in [2.05, 4.69) is 31.0 Å². The van der Waals surface area contributed by atoms with Gasteiger partial charge in [0, 0.05) is 12.1 Å². The minimum atomic E-state index is -0.0364. The molecule has 128 valence electrons. The second kappa shape index (κ2) is 7.46. The van der Waals surface area contributed by atoms with E-state index in [1.54, 1.807) is 24.1 Å². The van der Waals surface area contributed by atoms with Crippen LogP contribution in [0.1, 0.15) is 30.9 Å². The number of likely N-dealkylation sites (N-methyl/N-ethyl adjacent to an activating group) is 1. The van der Waals surface area contributed by atoms with Gasteiger partial charge in [0.2, 0.25) is 0 Å². The summed E-state index contributed by atoms with van der Waals surface area (Å²) in [5, 5.41) is 1.33. The molecule has 0 bridgehead atoms. The molecule has 2 aromatic carbocycles. The maximum atomic E-state index is 12.5. The summed E-state index contributed by atoms with van der Waals surface area (Å²) in [6, 6.07) is 15.5. The van der Waals surface area contributed by atoms with Gasteiger partial charge < -0.3 is 0 Å². The van der Waals surface area contributed by atoms with Gasteiger partial charge in [0.1, 0.15) is 0 Å². The fourth-order valence-corrected chi connectivity index (χ4v) is 3.52. The molecule has 0 N–H and O–H groups in total. The first-order valence-corrected chi connectivity index (χ1v) is 9.25. The number of rotatable bonds is 3. The quantitative estimate of drug-likeness (QED) is 0.649. The summed E-state index contributed by atoms with van der Waals surface area (Å²) < 4.78 is 0. The zero-order chi connectivity index (χ0) is 18.0. The Labute approximate surface area is 157 Å². The van der Waals surface area contributed by atoms with Crippen LogP contribution in [0, 0.1) is 0 Å². The van der Waals surface area contributed by atoms with E-state index < -0.39 is 0 Å². The average Bonchev–Trinajstić information content (AvgIpc) is 2.85. The molecule has 0 unspecified atom stereocenters. The fraction of sp³-hybridized carbons (Fsp3) is 0.200. The van der Waals surface area contributed by atoms with Gasteiger partial charge in [-0.3, -0.25) is 9.69 Å². The zero-order valence-corrected chi connectivity index (χ0v) is 15.9. The summed E-state index contributed by atoms with van der Waals surface area (Å²) in [6.07, 6.45) is 1.91. The SMILES string of the molecule is CC(C)c1ccc(/C=C2/SC(=Nc3ccc(Cl)cc3)N(C)C2=O)cc1. The second-order valence-corrected chi connectivity index (χ2v) is 7.61. The van der Waals surface area contributed by atoms with Gasteiger partial charge in [0.05, 0.1) is 10.6 Å². The van der Waals surface area contributed by atoms with Gasteiger partial charge >= 0.3 is 0 Å². The number of thioether (sulfide) groups is 1. The lowest BCUT2D eigenvalue weighted by atomic mass is 10.0. The van der Waals surface area contributed by atoms with E-state index in [9.17, 15) is 4.79 Å². The molecule has 1 aliphatic rings. The topological polar surface area (TPSA) is 32.7 Å². The van der Waals surface area contributed by atoms with Crippen LogP contribution in [0.15, 0.2) is 58.4 Å². The van der Waals surface area contributed by atoms with Crippen LogP contribution < -0.4 is 0 Å². The number of hydrogen-bond acceptors (Lipinski definition) is 3. The van der Waals surface area contributed by atoms with Gasteiger partial charge in [-0.05, 0) is 59.1 Å². The third-order valence-electron chi connectivity index (χ3n) is 3.96. The van der Waals surface area contributed by atoms with Crippen LogP contribution in [0.25, 0.3) is 6.08 Å². The fourth-order valence-electron chi connectivity index (χ4n) is 2.41. The third-order valence-corrected chi connectivity index (χ3v) is 5.27. The summed E-state index contributed by atoms with van der Waals surface area (Å²) >= 11 is 7.28. The van der Waals surface area contributed by atoms with Crippen molar-refractivity contribution in [3.05, 3.63) is 69.6 Å². The van der Waals surface area contributed by atoms with Crippen molar-refractivity contribution < 1.29 is 4.79 Å². The van der Waals surface area contributed by atoms with E-state index in [-0.39, 0.29) is 5.91 Å². The van der Waals surface area contributed by atoms with Crippen LogP contribution in [0.4, 0.5) is 5.69 Å². The van der Waals surface area contributed by atoms with Gasteiger partial charge in [0.15, 0.2) is 5.17 Å². The molecule has 1 fully saturated rings. The summed E-state index contributed by atoms with van der Waals surface area (Å²) in [4.78, 5) is 19.3. The van der Waals surface area contributed by atoms with Crippen molar-refractivity contribution in [2.45, 2.75) is 19.8 Å². The first kappa shape index (κ1) is 17.8. The number of aliphatic imine (C=N–C) groups is 1. The lowest BCUT2D eigenvalue weighted by Crippen LogP contribution is -2.23. The Morgan fingerprint density at radius 3 is 2.32 bits per heavy atom. The lowest BCUT2D eigenvalue weighted by Gasteiger charge is -2.07. The number of amides is 1. The van der Waals surface area contributed by atoms with Crippen molar-refractivity contribution in [3.8, 4) is 0 Å². The van der Waals surface area contributed by atoms with Gasteiger partial charge in [-0.2, -0.15) is 0 Å². The number of nitrogens with zero attached hydrogens (tertiary/aromatic N) is 2. The zero-order valence-electron chi connectivity index (χ0n) is 14.4. The summed E-state index contributed by atoms with van der Waals surface area (Å²) in [5.41, 5.74) is 3.07. The lowest BCUT2D eigenvalue weighted by molar-refractivity contribution is -0.121. The molecule has 1 amide bonds. The van der Waals surface area contributed by atoms with Crippen LogP contribution in [0.2, 0.25) is 5.02 Å². The first-order valence-electron chi connectivity index (χ1n) is 8.06. The van der Waals surface area contributed by atoms with E-state index in [1.807, 2.05) is 30.3 Å². The molecule has 2 aromatic rings. The first-order chi connectivity index (χ1) is 11.9. The van der Waals surface area contributed by atoms with Gasteiger partial charge in [-0.15, -0.1) is 0 Å². The van der Waals surface area contributed by atoms with Crippen molar-refractivity contribution in [1.82, 2.24) is 4.90 Å². The summed E-state index contributed by atoms with van der Waals surface area (Å²) in [6.45, 7) is 4.33.